The van der Waals surface area contributed by atoms with E-state index in [1.807, 2.05) is 12.1 Å². The van der Waals surface area contributed by atoms with Gasteiger partial charge in [0.15, 0.2) is 0 Å². The molecule has 2 aromatic rings. The molecule has 5 nitrogen and oxygen atoms in total. The maximum absolute atomic E-state index is 12.3. The van der Waals surface area contributed by atoms with Crippen molar-refractivity contribution in [1.29, 1.82) is 0 Å². The molecule has 0 spiro atoms. The number of hydrogen-bond acceptors (Lipinski definition) is 3. The third kappa shape index (κ3) is 2.97. The lowest BCUT2D eigenvalue weighted by atomic mass is 9.91. The molecule has 0 saturated heterocycles. The number of nitrogens with two attached hydrogens (primary N) is 1. The van der Waals surface area contributed by atoms with E-state index < -0.39 is 0 Å². The molecule has 4 N–H and O–H groups in total. The molecule has 21 heavy (non-hydrogen) atoms. The van der Waals surface area contributed by atoms with E-state index in [4.69, 9.17) is 5.73 Å². The van der Waals surface area contributed by atoms with Gasteiger partial charge in [0, 0.05) is 17.5 Å². The average molecular weight is 285 g/mol. The van der Waals surface area contributed by atoms with Crippen LogP contribution in [0, 0.1) is 0 Å². The molecule has 1 saturated carbocycles. The second-order valence-electron chi connectivity index (χ2n) is 5.70. The van der Waals surface area contributed by atoms with Gasteiger partial charge < -0.3 is 16.0 Å². The number of pyridine rings is 1. The second kappa shape index (κ2) is 5.69. The minimum atomic E-state index is -0.239. The van der Waals surface area contributed by atoms with Gasteiger partial charge in [-0.3, -0.25) is 9.59 Å². The Balaban J connectivity index is 1.83. The SMILES string of the molecule is N[C@@H]1CCC[C@@H](NC(=O)c2cc3ccccc3c(=O)[nH]2)C1. The Labute approximate surface area is 122 Å². The first kappa shape index (κ1) is 13.8. The quantitative estimate of drug-likeness (QED) is 0.782. The van der Waals surface area contributed by atoms with Crippen LogP contribution >= 0.6 is 0 Å². The number of aromatic nitrogens is 1. The molecule has 5 heteroatoms. The van der Waals surface area contributed by atoms with Crippen LogP contribution in [-0.2, 0) is 0 Å². The van der Waals surface area contributed by atoms with Crippen molar-refractivity contribution in [3.05, 3.63) is 46.4 Å². The van der Waals surface area contributed by atoms with Crippen molar-refractivity contribution in [2.75, 3.05) is 0 Å². The van der Waals surface area contributed by atoms with Crippen LogP contribution in [0.25, 0.3) is 10.8 Å². The monoisotopic (exact) mass is 285 g/mol. The summed E-state index contributed by atoms with van der Waals surface area (Å²) in [6.07, 6.45) is 3.78. The Bertz CT molecular complexity index is 723. The molecule has 0 bridgehead atoms. The van der Waals surface area contributed by atoms with Crippen LogP contribution in [0.5, 0.6) is 0 Å². The fraction of sp³-hybridized carbons (Fsp3) is 0.375. The van der Waals surface area contributed by atoms with Crippen molar-refractivity contribution in [1.82, 2.24) is 10.3 Å². The average Bonchev–Trinajstić information content (AvgIpc) is 2.47. The first-order valence-corrected chi connectivity index (χ1v) is 7.32. The van der Waals surface area contributed by atoms with Gasteiger partial charge >= 0.3 is 0 Å². The fourth-order valence-corrected chi connectivity index (χ4v) is 2.96. The summed E-state index contributed by atoms with van der Waals surface area (Å²) in [6.45, 7) is 0. The van der Waals surface area contributed by atoms with Crippen molar-refractivity contribution in [2.24, 2.45) is 5.73 Å². The van der Waals surface area contributed by atoms with E-state index in [1.165, 1.54) is 0 Å². The molecule has 1 aromatic heterocycles. The standard InChI is InChI=1S/C16H19N3O2/c17-11-5-3-6-12(9-11)18-16(21)14-8-10-4-1-2-7-13(10)15(20)19-14/h1-2,4,7-8,11-12H,3,5-6,9,17H2,(H,18,21)(H,19,20)/t11-,12-/m1/s1. The van der Waals surface area contributed by atoms with Gasteiger partial charge in [-0.05, 0) is 43.2 Å². The number of nitrogens with one attached hydrogen (secondary N) is 2. The maximum Gasteiger partial charge on any atom is 0.268 e. The third-order valence-corrected chi connectivity index (χ3v) is 4.05. The molecule has 1 aromatic carbocycles. The zero-order valence-corrected chi connectivity index (χ0v) is 11.8. The first-order chi connectivity index (χ1) is 10.1. The van der Waals surface area contributed by atoms with E-state index >= 15 is 0 Å². The highest BCUT2D eigenvalue weighted by atomic mass is 16.2. The van der Waals surface area contributed by atoms with Crippen LogP contribution in [0.1, 0.15) is 36.2 Å². The second-order valence-corrected chi connectivity index (χ2v) is 5.70. The lowest BCUT2D eigenvalue weighted by Crippen LogP contribution is -2.42. The topological polar surface area (TPSA) is 88.0 Å². The van der Waals surface area contributed by atoms with Gasteiger partial charge in [-0.2, -0.15) is 0 Å². The number of benzene rings is 1. The molecule has 0 radical (unpaired) electrons. The fourth-order valence-electron chi connectivity index (χ4n) is 2.96. The third-order valence-electron chi connectivity index (χ3n) is 4.05. The van der Waals surface area contributed by atoms with Crippen molar-refractivity contribution < 1.29 is 4.79 Å². The summed E-state index contributed by atoms with van der Waals surface area (Å²) < 4.78 is 0. The van der Waals surface area contributed by atoms with E-state index in [0.29, 0.717) is 11.1 Å². The van der Waals surface area contributed by atoms with Gasteiger partial charge in [-0.1, -0.05) is 18.2 Å². The number of rotatable bonds is 2. The van der Waals surface area contributed by atoms with Gasteiger partial charge in [0.25, 0.3) is 11.5 Å². The molecule has 0 unspecified atom stereocenters. The van der Waals surface area contributed by atoms with Crippen molar-refractivity contribution in [3.63, 3.8) is 0 Å². The predicted molar refractivity (Wildman–Crippen MR) is 82.3 cm³/mol. The molecule has 110 valence electrons. The van der Waals surface area contributed by atoms with Crippen molar-refractivity contribution in [2.45, 2.75) is 37.8 Å². The number of H-pyrrole nitrogens is 1. The van der Waals surface area contributed by atoms with E-state index in [9.17, 15) is 9.59 Å². The van der Waals surface area contributed by atoms with Crippen molar-refractivity contribution >= 4 is 16.7 Å². The Morgan fingerprint density at radius 1 is 1.29 bits per heavy atom. The summed E-state index contributed by atoms with van der Waals surface area (Å²) >= 11 is 0. The Morgan fingerprint density at radius 2 is 2.10 bits per heavy atom. The summed E-state index contributed by atoms with van der Waals surface area (Å²) in [7, 11) is 0. The molecule has 1 aliphatic rings. The normalized spacial score (nSPS) is 22.1. The van der Waals surface area contributed by atoms with Gasteiger partial charge in [0.1, 0.15) is 5.69 Å². The highest BCUT2D eigenvalue weighted by Gasteiger charge is 2.21. The lowest BCUT2D eigenvalue weighted by molar-refractivity contribution is 0.0920. The molecule has 1 amide bonds. The Morgan fingerprint density at radius 3 is 2.90 bits per heavy atom. The summed E-state index contributed by atoms with van der Waals surface area (Å²) in [5.41, 5.74) is 6.00. The van der Waals surface area contributed by atoms with Crippen molar-refractivity contribution in [3.8, 4) is 0 Å². The van der Waals surface area contributed by atoms with Crippen LogP contribution in [0.3, 0.4) is 0 Å². The van der Waals surface area contributed by atoms with E-state index in [2.05, 4.69) is 10.3 Å². The van der Waals surface area contributed by atoms with Crippen LogP contribution < -0.4 is 16.6 Å². The number of carbonyl (C=O) groups is 1. The largest absolute Gasteiger partial charge is 0.348 e. The predicted octanol–water partition coefficient (Wildman–Crippen LogP) is 1.53. The summed E-state index contributed by atoms with van der Waals surface area (Å²) in [4.78, 5) is 26.9. The molecule has 2 atom stereocenters. The van der Waals surface area contributed by atoms with Gasteiger partial charge in [0.05, 0.1) is 0 Å². The zero-order valence-electron chi connectivity index (χ0n) is 11.8. The summed E-state index contributed by atoms with van der Waals surface area (Å²) in [6, 6.07) is 9.20. The molecular formula is C16H19N3O2. The Hall–Kier alpha value is -2.14. The maximum atomic E-state index is 12.3. The molecule has 0 aliphatic heterocycles. The number of aromatic amines is 1. The molecule has 1 fully saturated rings. The minimum absolute atomic E-state index is 0.0937. The molecule has 3 rings (SSSR count). The van der Waals surface area contributed by atoms with E-state index in [0.717, 1.165) is 31.1 Å². The smallest absolute Gasteiger partial charge is 0.268 e. The Kier molecular flexibility index (Phi) is 3.75. The van der Waals surface area contributed by atoms with E-state index in [-0.39, 0.29) is 23.6 Å². The van der Waals surface area contributed by atoms with Crippen LogP contribution in [0.4, 0.5) is 0 Å². The zero-order chi connectivity index (χ0) is 14.8. The number of fused-ring (bicyclic) bond motifs is 1. The summed E-state index contributed by atoms with van der Waals surface area (Å²) in [5, 5.41) is 4.33. The van der Waals surface area contributed by atoms with Crippen LogP contribution in [-0.4, -0.2) is 23.0 Å². The highest BCUT2D eigenvalue weighted by molar-refractivity contribution is 5.96. The minimum Gasteiger partial charge on any atom is -0.348 e. The molecule has 1 heterocycles. The van der Waals surface area contributed by atoms with Crippen LogP contribution in [0.15, 0.2) is 35.1 Å². The highest BCUT2D eigenvalue weighted by Crippen LogP contribution is 2.17. The van der Waals surface area contributed by atoms with Crippen LogP contribution in [0.2, 0.25) is 0 Å². The van der Waals surface area contributed by atoms with Gasteiger partial charge in [0.2, 0.25) is 0 Å². The number of carbonyl (C=O) groups excluding carboxylic acids is 1. The van der Waals surface area contributed by atoms with Gasteiger partial charge in [-0.15, -0.1) is 0 Å². The lowest BCUT2D eigenvalue weighted by Gasteiger charge is -2.27. The molecule has 1 aliphatic carbocycles. The van der Waals surface area contributed by atoms with Gasteiger partial charge in [-0.25, -0.2) is 0 Å². The molecular weight excluding hydrogens is 266 g/mol. The summed E-state index contributed by atoms with van der Waals surface area (Å²) in [5.74, 6) is -0.239. The number of amides is 1. The number of hydrogen-bond donors (Lipinski definition) is 3. The first-order valence-electron chi connectivity index (χ1n) is 7.32. The van der Waals surface area contributed by atoms with E-state index in [1.54, 1.807) is 18.2 Å².